The highest BCUT2D eigenvalue weighted by Gasteiger charge is 2.15. The zero-order valence-corrected chi connectivity index (χ0v) is 10.2. The van der Waals surface area contributed by atoms with Crippen LogP contribution in [0.5, 0.6) is 0 Å². The monoisotopic (exact) mass is 250 g/mol. The van der Waals surface area contributed by atoms with Crippen LogP contribution in [0.2, 0.25) is 0 Å². The van der Waals surface area contributed by atoms with Crippen molar-refractivity contribution in [2.24, 2.45) is 5.84 Å². The molecule has 1 atom stereocenters. The number of nitrogens with zero attached hydrogens (tertiary/aromatic N) is 1. The van der Waals surface area contributed by atoms with E-state index in [2.05, 4.69) is 15.7 Å². The molecule has 0 radical (unpaired) electrons. The van der Waals surface area contributed by atoms with E-state index in [0.717, 1.165) is 25.9 Å². The lowest BCUT2D eigenvalue weighted by Gasteiger charge is -2.22. The topological polar surface area (TPSA) is 89.3 Å². The highest BCUT2D eigenvalue weighted by molar-refractivity contribution is 5.94. The number of hydrogen-bond acceptors (Lipinski definition) is 5. The van der Waals surface area contributed by atoms with Gasteiger partial charge in [-0.1, -0.05) is 0 Å². The average Bonchev–Trinajstić information content (AvgIpc) is 2.46. The van der Waals surface area contributed by atoms with Crippen LogP contribution in [0, 0.1) is 0 Å². The lowest BCUT2D eigenvalue weighted by atomic mass is 10.1. The van der Waals surface area contributed by atoms with Crippen LogP contribution in [-0.4, -0.2) is 30.1 Å². The maximum atomic E-state index is 11.9. The number of amides is 1. The van der Waals surface area contributed by atoms with Crippen LogP contribution in [-0.2, 0) is 4.74 Å². The van der Waals surface area contributed by atoms with E-state index in [1.165, 1.54) is 0 Å². The minimum absolute atomic E-state index is 0.136. The van der Waals surface area contributed by atoms with Crippen molar-refractivity contribution < 1.29 is 9.53 Å². The van der Waals surface area contributed by atoms with Gasteiger partial charge in [0.1, 0.15) is 5.82 Å². The maximum Gasteiger partial charge on any atom is 0.251 e. The maximum absolute atomic E-state index is 11.9. The number of rotatable bonds is 4. The summed E-state index contributed by atoms with van der Waals surface area (Å²) >= 11 is 0. The molecule has 1 unspecified atom stereocenters. The lowest BCUT2D eigenvalue weighted by Crippen LogP contribution is -2.35. The van der Waals surface area contributed by atoms with Crippen LogP contribution < -0.4 is 16.6 Å². The van der Waals surface area contributed by atoms with E-state index in [0.29, 0.717) is 17.9 Å². The van der Waals surface area contributed by atoms with E-state index in [9.17, 15) is 4.79 Å². The van der Waals surface area contributed by atoms with Gasteiger partial charge in [0.05, 0.1) is 6.10 Å². The molecule has 98 valence electrons. The van der Waals surface area contributed by atoms with E-state index in [1.807, 2.05) is 0 Å². The summed E-state index contributed by atoms with van der Waals surface area (Å²) in [6, 6.07) is 3.26. The predicted octanol–water partition coefficient (Wildman–Crippen LogP) is 0.666. The smallest absolute Gasteiger partial charge is 0.251 e. The van der Waals surface area contributed by atoms with Gasteiger partial charge in [0, 0.05) is 24.9 Å². The Hall–Kier alpha value is -1.66. The molecule has 1 aromatic rings. The van der Waals surface area contributed by atoms with Crippen molar-refractivity contribution in [3.8, 4) is 0 Å². The minimum Gasteiger partial charge on any atom is -0.376 e. The zero-order chi connectivity index (χ0) is 12.8. The van der Waals surface area contributed by atoms with Crippen LogP contribution in [0.1, 0.15) is 29.6 Å². The molecule has 1 aliphatic rings. The van der Waals surface area contributed by atoms with Crippen LogP contribution >= 0.6 is 0 Å². The lowest BCUT2D eigenvalue weighted by molar-refractivity contribution is 0.0169. The highest BCUT2D eigenvalue weighted by Crippen LogP contribution is 2.12. The van der Waals surface area contributed by atoms with Crippen LogP contribution in [0.15, 0.2) is 18.3 Å². The molecule has 0 saturated carbocycles. The summed E-state index contributed by atoms with van der Waals surface area (Å²) in [5.74, 6) is 5.58. The fourth-order valence-electron chi connectivity index (χ4n) is 1.93. The molecule has 1 fully saturated rings. The third-order valence-electron chi connectivity index (χ3n) is 2.93. The number of nitrogens with two attached hydrogens (primary N) is 1. The molecule has 2 rings (SSSR count). The Morgan fingerprint density at radius 2 is 2.44 bits per heavy atom. The summed E-state index contributed by atoms with van der Waals surface area (Å²) in [4.78, 5) is 15.8. The number of pyridine rings is 1. The highest BCUT2D eigenvalue weighted by atomic mass is 16.5. The second kappa shape index (κ2) is 6.32. The van der Waals surface area contributed by atoms with Gasteiger partial charge in [0.25, 0.3) is 5.91 Å². The minimum atomic E-state index is -0.136. The van der Waals surface area contributed by atoms with Crippen molar-refractivity contribution in [2.75, 3.05) is 18.6 Å². The van der Waals surface area contributed by atoms with Crippen LogP contribution in [0.3, 0.4) is 0 Å². The van der Waals surface area contributed by atoms with Gasteiger partial charge >= 0.3 is 0 Å². The van der Waals surface area contributed by atoms with Crippen molar-refractivity contribution in [1.29, 1.82) is 0 Å². The first kappa shape index (κ1) is 12.8. The normalized spacial score (nSPS) is 19.3. The second-order valence-electron chi connectivity index (χ2n) is 4.27. The van der Waals surface area contributed by atoms with Crippen molar-refractivity contribution >= 4 is 11.7 Å². The number of nitrogens with one attached hydrogen (secondary N) is 2. The predicted molar refractivity (Wildman–Crippen MR) is 68.0 cm³/mol. The van der Waals surface area contributed by atoms with Crippen LogP contribution in [0.25, 0.3) is 0 Å². The first-order valence-electron chi connectivity index (χ1n) is 6.12. The molecule has 1 saturated heterocycles. The molecule has 6 heteroatoms. The molecule has 0 bridgehead atoms. The fraction of sp³-hybridized carbons (Fsp3) is 0.500. The molecule has 2 heterocycles. The molecule has 0 aliphatic carbocycles. The van der Waals surface area contributed by atoms with E-state index >= 15 is 0 Å². The van der Waals surface area contributed by atoms with Crippen molar-refractivity contribution in [2.45, 2.75) is 25.4 Å². The summed E-state index contributed by atoms with van der Waals surface area (Å²) in [7, 11) is 0. The number of anilines is 1. The Labute approximate surface area is 106 Å². The molecule has 0 aromatic carbocycles. The van der Waals surface area contributed by atoms with Gasteiger partial charge < -0.3 is 15.5 Å². The van der Waals surface area contributed by atoms with Gasteiger partial charge in [-0.25, -0.2) is 10.8 Å². The van der Waals surface area contributed by atoms with E-state index in [1.54, 1.807) is 18.3 Å². The Morgan fingerprint density at radius 1 is 1.56 bits per heavy atom. The van der Waals surface area contributed by atoms with Crippen LogP contribution in [0.4, 0.5) is 5.82 Å². The fourth-order valence-corrected chi connectivity index (χ4v) is 1.93. The quantitative estimate of drug-likeness (QED) is 0.540. The third-order valence-corrected chi connectivity index (χ3v) is 2.93. The molecular formula is C12H18N4O2. The Kier molecular flexibility index (Phi) is 4.49. The largest absolute Gasteiger partial charge is 0.376 e. The molecule has 0 spiro atoms. The number of nitrogen functional groups attached to an aromatic ring is 1. The first-order chi connectivity index (χ1) is 8.79. The van der Waals surface area contributed by atoms with E-state index < -0.39 is 0 Å². The van der Waals surface area contributed by atoms with Gasteiger partial charge in [-0.15, -0.1) is 0 Å². The number of hydrazine groups is 1. The molecule has 1 aliphatic heterocycles. The SMILES string of the molecule is NNc1cc(C(=O)NCC2CCCCO2)ccn1. The van der Waals surface area contributed by atoms with E-state index in [-0.39, 0.29) is 12.0 Å². The summed E-state index contributed by atoms with van der Waals surface area (Å²) in [6.07, 6.45) is 4.96. The van der Waals surface area contributed by atoms with Crippen molar-refractivity contribution in [1.82, 2.24) is 10.3 Å². The molecule has 1 amide bonds. The molecule has 1 aromatic heterocycles. The van der Waals surface area contributed by atoms with Gasteiger partial charge in [0.2, 0.25) is 0 Å². The average molecular weight is 250 g/mol. The number of ether oxygens (including phenoxy) is 1. The van der Waals surface area contributed by atoms with Gasteiger partial charge in [-0.2, -0.15) is 0 Å². The third kappa shape index (κ3) is 3.41. The molecule has 4 N–H and O–H groups in total. The molecule has 18 heavy (non-hydrogen) atoms. The molecular weight excluding hydrogens is 232 g/mol. The summed E-state index contributed by atoms with van der Waals surface area (Å²) < 4.78 is 5.55. The van der Waals surface area contributed by atoms with Gasteiger partial charge in [0.15, 0.2) is 0 Å². The number of carbonyl (C=O) groups excluding carboxylic acids is 1. The summed E-state index contributed by atoms with van der Waals surface area (Å²) in [6.45, 7) is 1.34. The Balaban J connectivity index is 1.86. The Morgan fingerprint density at radius 3 is 3.17 bits per heavy atom. The zero-order valence-electron chi connectivity index (χ0n) is 10.2. The standard InChI is InChI=1S/C12H18N4O2/c13-16-11-7-9(4-5-14-11)12(17)15-8-10-3-1-2-6-18-10/h4-5,7,10H,1-3,6,8,13H2,(H,14,16)(H,15,17). The van der Waals surface area contributed by atoms with Crippen molar-refractivity contribution in [3.63, 3.8) is 0 Å². The number of carbonyl (C=O) groups is 1. The first-order valence-corrected chi connectivity index (χ1v) is 6.12. The molecule has 6 nitrogen and oxygen atoms in total. The summed E-state index contributed by atoms with van der Waals surface area (Å²) in [5.41, 5.74) is 2.95. The number of hydrogen-bond donors (Lipinski definition) is 3. The van der Waals surface area contributed by atoms with E-state index in [4.69, 9.17) is 10.6 Å². The number of aromatic nitrogens is 1. The Bertz CT molecular complexity index is 405. The summed E-state index contributed by atoms with van der Waals surface area (Å²) in [5, 5.41) is 2.86. The second-order valence-corrected chi connectivity index (χ2v) is 4.27. The van der Waals surface area contributed by atoms with Gasteiger partial charge in [-0.3, -0.25) is 4.79 Å². The van der Waals surface area contributed by atoms with Gasteiger partial charge in [-0.05, 0) is 31.4 Å². The van der Waals surface area contributed by atoms with Crippen molar-refractivity contribution in [3.05, 3.63) is 23.9 Å².